The van der Waals surface area contributed by atoms with E-state index in [4.69, 9.17) is 14.7 Å². The Balaban J connectivity index is 1.41. The van der Waals surface area contributed by atoms with Crippen molar-refractivity contribution < 1.29 is 9.53 Å². The summed E-state index contributed by atoms with van der Waals surface area (Å²) in [5, 5.41) is 1.08. The minimum atomic E-state index is -0.136. The second-order valence-corrected chi connectivity index (χ2v) is 8.51. The van der Waals surface area contributed by atoms with Gasteiger partial charge in [0.05, 0.1) is 41.6 Å². The highest BCUT2D eigenvalue weighted by Crippen LogP contribution is 2.44. The number of aromatic nitrogens is 4. The average molecular weight is 434 g/mol. The number of hydrogen-bond donors (Lipinski definition) is 0. The summed E-state index contributed by atoms with van der Waals surface area (Å²) >= 11 is 0. The Kier molecular flexibility index (Phi) is 4.64. The van der Waals surface area contributed by atoms with Gasteiger partial charge in [0.2, 0.25) is 0 Å². The third-order valence-electron chi connectivity index (χ3n) is 6.55. The molecular weight excluding hydrogens is 412 g/mol. The molecule has 2 aromatic carbocycles. The van der Waals surface area contributed by atoms with Crippen molar-refractivity contribution in [3.05, 3.63) is 84.9 Å². The predicted molar refractivity (Wildman–Crippen MR) is 127 cm³/mol. The highest BCUT2D eigenvalue weighted by atomic mass is 16.5. The first-order chi connectivity index (χ1) is 16.2. The Morgan fingerprint density at radius 2 is 1.82 bits per heavy atom. The molecule has 3 heterocycles. The number of imidazole rings is 1. The molecule has 0 radical (unpaired) electrons. The van der Waals surface area contributed by atoms with Crippen molar-refractivity contribution in [3.8, 4) is 22.6 Å². The van der Waals surface area contributed by atoms with Gasteiger partial charge in [-0.15, -0.1) is 0 Å². The van der Waals surface area contributed by atoms with Crippen molar-refractivity contribution in [2.45, 2.75) is 18.8 Å². The van der Waals surface area contributed by atoms with E-state index in [-0.39, 0.29) is 17.8 Å². The summed E-state index contributed by atoms with van der Waals surface area (Å²) in [6.07, 6.45) is 7.08. The van der Waals surface area contributed by atoms with E-state index in [0.29, 0.717) is 0 Å². The molecule has 1 saturated carbocycles. The van der Waals surface area contributed by atoms with Gasteiger partial charge in [-0.2, -0.15) is 0 Å². The van der Waals surface area contributed by atoms with Gasteiger partial charge in [0, 0.05) is 34.8 Å². The number of benzene rings is 2. The maximum absolute atomic E-state index is 11.8. The smallest absolute Gasteiger partial charge is 0.308 e. The summed E-state index contributed by atoms with van der Waals surface area (Å²) in [5.41, 5.74) is 5.93. The van der Waals surface area contributed by atoms with Crippen LogP contribution >= 0.6 is 0 Å². The van der Waals surface area contributed by atoms with Crippen LogP contribution in [-0.2, 0) is 9.53 Å². The number of hydrogen-bond acceptors (Lipinski definition) is 5. The van der Waals surface area contributed by atoms with Gasteiger partial charge < -0.3 is 4.74 Å². The van der Waals surface area contributed by atoms with E-state index in [1.54, 1.807) is 6.20 Å². The van der Waals surface area contributed by atoms with Gasteiger partial charge in [0.1, 0.15) is 5.82 Å². The van der Waals surface area contributed by atoms with Gasteiger partial charge in [-0.1, -0.05) is 48.5 Å². The lowest BCUT2D eigenvalue weighted by atomic mass is 9.73. The fourth-order valence-electron chi connectivity index (χ4n) is 4.69. The van der Waals surface area contributed by atoms with Gasteiger partial charge in [0.15, 0.2) is 0 Å². The predicted octanol–water partition coefficient (Wildman–Crippen LogP) is 5.28. The average Bonchev–Trinajstić information content (AvgIpc) is 3.22. The molecule has 0 N–H and O–H groups in total. The highest BCUT2D eigenvalue weighted by molar-refractivity contribution is 5.86. The molecule has 6 rings (SSSR count). The molecule has 5 aromatic rings. The fourth-order valence-corrected chi connectivity index (χ4v) is 4.69. The van der Waals surface area contributed by atoms with E-state index < -0.39 is 0 Å². The maximum atomic E-state index is 11.8. The van der Waals surface area contributed by atoms with Crippen LogP contribution in [0.5, 0.6) is 0 Å². The van der Waals surface area contributed by atoms with Crippen LogP contribution in [-0.4, -0.2) is 32.4 Å². The Morgan fingerprint density at radius 1 is 1.00 bits per heavy atom. The molecule has 1 fully saturated rings. The minimum Gasteiger partial charge on any atom is -0.469 e. The molecule has 6 heteroatoms. The number of fused-ring (bicyclic) bond motifs is 2. The number of esters is 1. The normalized spacial score (nSPS) is 17.7. The molecule has 0 spiro atoms. The second kappa shape index (κ2) is 7.81. The Labute approximate surface area is 190 Å². The zero-order chi connectivity index (χ0) is 22.4. The van der Waals surface area contributed by atoms with E-state index in [0.717, 1.165) is 57.6 Å². The summed E-state index contributed by atoms with van der Waals surface area (Å²) in [6, 6.07) is 20.6. The number of methoxy groups -OCH3 is 1. The number of nitrogens with zero attached hydrogens (tertiary/aromatic N) is 4. The second-order valence-electron chi connectivity index (χ2n) is 8.51. The first-order valence-corrected chi connectivity index (χ1v) is 11.1. The van der Waals surface area contributed by atoms with Gasteiger partial charge in [0.25, 0.3) is 0 Å². The van der Waals surface area contributed by atoms with Crippen molar-refractivity contribution >= 4 is 22.4 Å². The summed E-state index contributed by atoms with van der Waals surface area (Å²) in [7, 11) is 1.45. The molecule has 0 amide bonds. The van der Waals surface area contributed by atoms with E-state index in [1.807, 2.05) is 30.6 Å². The molecule has 0 aliphatic heterocycles. The molecule has 0 atom stereocenters. The molecule has 33 heavy (non-hydrogen) atoms. The molecular formula is C27H22N4O2. The number of carbonyl (C=O) groups excluding carboxylic acids is 1. The molecule has 1 aliphatic rings. The van der Waals surface area contributed by atoms with Crippen LogP contribution < -0.4 is 0 Å². The zero-order valence-electron chi connectivity index (χ0n) is 18.2. The SMILES string of the molecule is COC(=O)C1CC(c2nc(-c3ccc4ccc(-c5ccccc5)nc4c3)n3ccncc23)C1. The molecule has 0 bridgehead atoms. The van der Waals surface area contributed by atoms with Gasteiger partial charge in [-0.25, -0.2) is 9.97 Å². The van der Waals surface area contributed by atoms with Crippen LogP contribution in [0, 0.1) is 5.92 Å². The lowest BCUT2D eigenvalue weighted by Gasteiger charge is -2.32. The van der Waals surface area contributed by atoms with E-state index in [1.165, 1.54) is 7.11 Å². The monoisotopic (exact) mass is 434 g/mol. The van der Waals surface area contributed by atoms with Gasteiger partial charge >= 0.3 is 5.97 Å². The molecule has 1 aliphatic carbocycles. The molecule has 0 unspecified atom stereocenters. The van der Waals surface area contributed by atoms with Crippen LogP contribution in [0.3, 0.4) is 0 Å². The molecule has 3 aromatic heterocycles. The van der Waals surface area contributed by atoms with Crippen LogP contribution in [0.2, 0.25) is 0 Å². The van der Waals surface area contributed by atoms with Crippen molar-refractivity contribution in [1.82, 2.24) is 19.4 Å². The van der Waals surface area contributed by atoms with E-state index >= 15 is 0 Å². The Hall–Kier alpha value is -4.06. The summed E-state index contributed by atoms with van der Waals surface area (Å²) < 4.78 is 6.98. The Morgan fingerprint density at radius 3 is 2.64 bits per heavy atom. The molecule has 162 valence electrons. The van der Waals surface area contributed by atoms with Crippen molar-refractivity contribution in [1.29, 1.82) is 0 Å². The molecule has 6 nitrogen and oxygen atoms in total. The summed E-state index contributed by atoms with van der Waals surface area (Å²) in [4.78, 5) is 26.1. The van der Waals surface area contributed by atoms with Gasteiger partial charge in [-0.3, -0.25) is 14.2 Å². The maximum Gasteiger partial charge on any atom is 0.308 e. The quantitative estimate of drug-likeness (QED) is 0.360. The van der Waals surface area contributed by atoms with Gasteiger partial charge in [-0.05, 0) is 25.0 Å². The van der Waals surface area contributed by atoms with Crippen LogP contribution in [0.25, 0.3) is 39.1 Å². The number of pyridine rings is 1. The first kappa shape index (κ1) is 19.6. The van der Waals surface area contributed by atoms with Crippen LogP contribution in [0.1, 0.15) is 24.5 Å². The fraction of sp³-hybridized carbons (Fsp3) is 0.185. The summed E-state index contributed by atoms with van der Waals surface area (Å²) in [6.45, 7) is 0. The number of carbonyl (C=O) groups is 1. The molecule has 0 saturated heterocycles. The van der Waals surface area contributed by atoms with E-state index in [2.05, 4.69) is 51.8 Å². The third kappa shape index (κ3) is 3.35. The van der Waals surface area contributed by atoms with Crippen molar-refractivity contribution in [2.24, 2.45) is 5.92 Å². The summed E-state index contributed by atoms with van der Waals surface area (Å²) in [5.74, 6) is 0.907. The lowest BCUT2D eigenvalue weighted by Crippen LogP contribution is -2.30. The first-order valence-electron chi connectivity index (χ1n) is 11.1. The van der Waals surface area contributed by atoms with Crippen LogP contribution in [0.15, 0.2) is 79.3 Å². The lowest BCUT2D eigenvalue weighted by molar-refractivity contribution is -0.148. The number of rotatable bonds is 4. The number of ether oxygens (including phenoxy) is 1. The minimum absolute atomic E-state index is 0.0434. The standard InChI is InChI=1S/C27H22N4O2/c1-33-27(32)21-13-20(14-21)25-24-16-28-11-12-31(24)26(30-25)19-8-7-18-9-10-22(29-23(18)15-19)17-5-3-2-4-6-17/h2-12,15-16,20-21H,13-14H2,1H3. The van der Waals surface area contributed by atoms with E-state index in [9.17, 15) is 4.79 Å². The third-order valence-corrected chi connectivity index (χ3v) is 6.55. The zero-order valence-corrected chi connectivity index (χ0v) is 18.2. The van der Waals surface area contributed by atoms with Crippen molar-refractivity contribution in [2.75, 3.05) is 7.11 Å². The topological polar surface area (TPSA) is 69.4 Å². The largest absolute Gasteiger partial charge is 0.469 e. The highest BCUT2D eigenvalue weighted by Gasteiger charge is 2.38. The van der Waals surface area contributed by atoms with Crippen molar-refractivity contribution in [3.63, 3.8) is 0 Å². The van der Waals surface area contributed by atoms with Crippen LogP contribution in [0.4, 0.5) is 0 Å². The Bertz CT molecular complexity index is 1490.